The van der Waals surface area contributed by atoms with Gasteiger partial charge in [0.05, 0.1) is 16.9 Å². The predicted molar refractivity (Wildman–Crippen MR) is 65.6 cm³/mol. The molecular weight excluding hydrogens is 240 g/mol. The molecule has 0 aliphatic heterocycles. The summed E-state index contributed by atoms with van der Waals surface area (Å²) in [6, 6.07) is 4.78. The molecule has 17 heavy (non-hydrogen) atoms. The molecule has 5 nitrogen and oxygen atoms in total. The van der Waals surface area contributed by atoms with E-state index in [9.17, 15) is 4.79 Å². The second-order valence-electron chi connectivity index (χ2n) is 3.53. The van der Waals surface area contributed by atoms with Gasteiger partial charge in [0, 0.05) is 23.9 Å². The molecule has 0 atom stereocenters. The molecule has 0 spiro atoms. The summed E-state index contributed by atoms with van der Waals surface area (Å²) < 4.78 is 0. The van der Waals surface area contributed by atoms with Crippen LogP contribution < -0.4 is 11.1 Å². The third-order valence-corrected chi connectivity index (χ3v) is 2.61. The number of hydrogen-bond acceptors (Lipinski definition) is 3. The molecule has 6 heteroatoms. The Bertz CT molecular complexity index is 524. The molecule has 0 aliphatic rings. The molecule has 1 amide bonds. The zero-order chi connectivity index (χ0) is 12.3. The van der Waals surface area contributed by atoms with E-state index in [1.165, 1.54) is 0 Å². The number of carbonyl (C=O) groups excluding carboxylic acids is 1. The number of amides is 1. The Kier molecular flexibility index (Phi) is 3.30. The highest BCUT2D eigenvalue weighted by molar-refractivity contribution is 6.33. The first kappa shape index (κ1) is 11.5. The van der Waals surface area contributed by atoms with Gasteiger partial charge in [0.1, 0.15) is 0 Å². The number of H-pyrrole nitrogens is 1. The predicted octanol–water partition coefficient (Wildman–Crippen LogP) is 1.58. The summed E-state index contributed by atoms with van der Waals surface area (Å²) in [5.41, 5.74) is 7.40. The van der Waals surface area contributed by atoms with Crippen LogP contribution in [-0.2, 0) is 6.54 Å². The number of nitrogens with zero attached hydrogens (tertiary/aromatic N) is 1. The largest absolute Gasteiger partial charge is 0.398 e. The van der Waals surface area contributed by atoms with Crippen molar-refractivity contribution in [2.24, 2.45) is 0 Å². The first-order valence-electron chi connectivity index (χ1n) is 4.97. The molecule has 2 aromatic rings. The topological polar surface area (TPSA) is 83.8 Å². The highest BCUT2D eigenvalue weighted by atomic mass is 35.5. The maximum atomic E-state index is 11.8. The highest BCUT2D eigenvalue weighted by Gasteiger charge is 2.07. The number of nitrogens with one attached hydrogen (secondary N) is 2. The van der Waals surface area contributed by atoms with Crippen LogP contribution in [0.15, 0.2) is 30.6 Å². The molecule has 0 bridgehead atoms. The molecule has 2 rings (SSSR count). The Morgan fingerprint density at radius 3 is 3.00 bits per heavy atom. The average molecular weight is 251 g/mol. The Morgan fingerprint density at radius 1 is 1.53 bits per heavy atom. The zero-order valence-electron chi connectivity index (χ0n) is 8.90. The van der Waals surface area contributed by atoms with Crippen molar-refractivity contribution < 1.29 is 4.79 Å². The van der Waals surface area contributed by atoms with Gasteiger partial charge < -0.3 is 11.1 Å². The molecule has 1 heterocycles. The number of anilines is 1. The molecule has 0 unspecified atom stereocenters. The van der Waals surface area contributed by atoms with E-state index in [4.69, 9.17) is 17.3 Å². The fraction of sp³-hybridized carbons (Fsp3) is 0.0909. The van der Waals surface area contributed by atoms with Crippen molar-refractivity contribution in [2.45, 2.75) is 6.54 Å². The van der Waals surface area contributed by atoms with Crippen LogP contribution in [0.1, 0.15) is 15.9 Å². The van der Waals surface area contributed by atoms with Crippen molar-refractivity contribution in [3.8, 4) is 0 Å². The summed E-state index contributed by atoms with van der Waals surface area (Å²) in [7, 11) is 0. The maximum Gasteiger partial charge on any atom is 0.251 e. The van der Waals surface area contributed by atoms with Crippen LogP contribution >= 0.6 is 11.6 Å². The normalized spacial score (nSPS) is 10.2. The van der Waals surface area contributed by atoms with Crippen LogP contribution in [0.4, 0.5) is 5.69 Å². The molecule has 0 saturated carbocycles. The Hall–Kier alpha value is -2.01. The van der Waals surface area contributed by atoms with Gasteiger partial charge in [-0.15, -0.1) is 0 Å². The SMILES string of the molecule is Nc1cc(C(=O)NCc2cn[nH]c2)ccc1Cl. The van der Waals surface area contributed by atoms with Gasteiger partial charge >= 0.3 is 0 Å². The summed E-state index contributed by atoms with van der Waals surface area (Å²) in [4.78, 5) is 11.8. The van der Waals surface area contributed by atoms with Gasteiger partial charge in [0.25, 0.3) is 5.91 Å². The van der Waals surface area contributed by atoms with Crippen LogP contribution in [0.3, 0.4) is 0 Å². The molecule has 0 aliphatic carbocycles. The van der Waals surface area contributed by atoms with Gasteiger partial charge in [-0.3, -0.25) is 9.89 Å². The van der Waals surface area contributed by atoms with Crippen LogP contribution in [0.25, 0.3) is 0 Å². The van der Waals surface area contributed by atoms with Crippen LogP contribution in [-0.4, -0.2) is 16.1 Å². The number of nitrogens with two attached hydrogens (primary N) is 1. The quantitative estimate of drug-likeness (QED) is 0.723. The van der Waals surface area contributed by atoms with E-state index < -0.39 is 0 Å². The number of hydrogen-bond donors (Lipinski definition) is 3. The monoisotopic (exact) mass is 250 g/mol. The molecule has 1 aromatic heterocycles. The average Bonchev–Trinajstić information content (AvgIpc) is 2.82. The van der Waals surface area contributed by atoms with Crippen molar-refractivity contribution in [3.05, 3.63) is 46.7 Å². The van der Waals surface area contributed by atoms with Gasteiger partial charge in [0.15, 0.2) is 0 Å². The lowest BCUT2D eigenvalue weighted by Crippen LogP contribution is -2.22. The number of halogens is 1. The summed E-state index contributed by atoms with van der Waals surface area (Å²) in [6.45, 7) is 0.415. The number of rotatable bonds is 3. The van der Waals surface area contributed by atoms with E-state index in [1.807, 2.05) is 0 Å². The highest BCUT2D eigenvalue weighted by Crippen LogP contribution is 2.19. The van der Waals surface area contributed by atoms with Crippen molar-refractivity contribution in [1.29, 1.82) is 0 Å². The minimum Gasteiger partial charge on any atom is -0.398 e. The first-order valence-corrected chi connectivity index (χ1v) is 5.35. The molecule has 0 fully saturated rings. The van der Waals surface area contributed by atoms with E-state index in [0.29, 0.717) is 22.8 Å². The fourth-order valence-corrected chi connectivity index (χ4v) is 1.46. The smallest absolute Gasteiger partial charge is 0.251 e. The van der Waals surface area contributed by atoms with Gasteiger partial charge in [-0.25, -0.2) is 0 Å². The van der Waals surface area contributed by atoms with Gasteiger partial charge in [0.2, 0.25) is 0 Å². The third kappa shape index (κ3) is 2.76. The lowest BCUT2D eigenvalue weighted by Gasteiger charge is -2.05. The van der Waals surface area contributed by atoms with Crippen LogP contribution in [0.2, 0.25) is 5.02 Å². The number of benzene rings is 1. The van der Waals surface area contributed by atoms with Gasteiger partial charge in [-0.2, -0.15) is 5.10 Å². The van der Waals surface area contributed by atoms with Crippen molar-refractivity contribution in [3.63, 3.8) is 0 Å². The Labute approximate surface area is 103 Å². The minimum absolute atomic E-state index is 0.199. The second kappa shape index (κ2) is 4.88. The maximum absolute atomic E-state index is 11.8. The minimum atomic E-state index is -0.199. The summed E-state index contributed by atoms with van der Waals surface area (Å²) in [5, 5.41) is 9.65. The molecule has 0 saturated heterocycles. The van der Waals surface area contributed by atoms with E-state index in [1.54, 1.807) is 30.6 Å². The third-order valence-electron chi connectivity index (χ3n) is 2.27. The van der Waals surface area contributed by atoms with Crippen LogP contribution in [0.5, 0.6) is 0 Å². The van der Waals surface area contributed by atoms with Crippen molar-refractivity contribution in [2.75, 3.05) is 5.73 Å². The van der Waals surface area contributed by atoms with E-state index in [-0.39, 0.29) is 5.91 Å². The van der Waals surface area contributed by atoms with Crippen molar-refractivity contribution >= 4 is 23.2 Å². The first-order chi connectivity index (χ1) is 8.16. The molecular formula is C11H11ClN4O. The Balaban J connectivity index is 2.02. The van der Waals surface area contributed by atoms with E-state index in [0.717, 1.165) is 5.56 Å². The van der Waals surface area contributed by atoms with Crippen LogP contribution in [0, 0.1) is 0 Å². The number of nitrogen functional groups attached to an aromatic ring is 1. The lowest BCUT2D eigenvalue weighted by molar-refractivity contribution is 0.0951. The molecule has 0 radical (unpaired) electrons. The Morgan fingerprint density at radius 2 is 2.35 bits per heavy atom. The second-order valence-corrected chi connectivity index (χ2v) is 3.93. The number of aromatic amines is 1. The lowest BCUT2D eigenvalue weighted by atomic mass is 10.2. The number of carbonyl (C=O) groups is 1. The van der Waals surface area contributed by atoms with E-state index >= 15 is 0 Å². The summed E-state index contributed by atoms with van der Waals surface area (Å²) >= 11 is 5.77. The standard InChI is InChI=1S/C11H11ClN4O/c12-9-2-1-8(3-10(9)13)11(17)14-4-7-5-15-16-6-7/h1-3,5-6H,4,13H2,(H,14,17)(H,15,16). The number of aromatic nitrogens is 2. The summed E-state index contributed by atoms with van der Waals surface area (Å²) in [5.74, 6) is -0.199. The summed E-state index contributed by atoms with van der Waals surface area (Å²) in [6.07, 6.45) is 3.37. The fourth-order valence-electron chi connectivity index (χ4n) is 1.34. The van der Waals surface area contributed by atoms with Gasteiger partial charge in [-0.05, 0) is 18.2 Å². The van der Waals surface area contributed by atoms with Crippen molar-refractivity contribution in [1.82, 2.24) is 15.5 Å². The van der Waals surface area contributed by atoms with Gasteiger partial charge in [-0.1, -0.05) is 11.6 Å². The molecule has 4 N–H and O–H groups in total. The molecule has 1 aromatic carbocycles. The van der Waals surface area contributed by atoms with E-state index in [2.05, 4.69) is 15.5 Å². The molecule has 88 valence electrons. The zero-order valence-corrected chi connectivity index (χ0v) is 9.66.